The Hall–Kier alpha value is -1.75. The van der Waals surface area contributed by atoms with Gasteiger partial charge in [0.05, 0.1) is 26.3 Å². The first-order valence-corrected chi connectivity index (χ1v) is 8.52. The predicted molar refractivity (Wildman–Crippen MR) is 88.0 cm³/mol. The van der Waals surface area contributed by atoms with Crippen LogP contribution >= 0.6 is 0 Å². The van der Waals surface area contributed by atoms with E-state index in [0.717, 1.165) is 43.7 Å². The summed E-state index contributed by atoms with van der Waals surface area (Å²) in [5, 5.41) is 3.14. The molecule has 2 fully saturated rings. The SMILES string of the molecule is COc1ccc([C@H]2CCC[NH+]2[C@H](C)C(=O)NC2CC2)c(OC)c1. The molecular weight excluding hydrogens is 292 g/mol. The van der Waals surface area contributed by atoms with Crippen LogP contribution in [-0.2, 0) is 4.79 Å². The van der Waals surface area contributed by atoms with Gasteiger partial charge in [0.1, 0.15) is 17.5 Å². The van der Waals surface area contributed by atoms with Gasteiger partial charge in [0.15, 0.2) is 6.04 Å². The molecule has 0 bridgehead atoms. The Bertz CT molecular complexity index is 571. The average Bonchev–Trinajstić information content (AvgIpc) is 3.26. The molecule has 2 N–H and O–H groups in total. The Kier molecular flexibility index (Phi) is 4.76. The Balaban J connectivity index is 1.79. The standard InChI is InChI=1S/C18H26N2O3/c1-12(18(21)19-13-6-7-13)20-10-4-5-16(20)15-9-8-14(22-2)11-17(15)23-3/h8-9,11-13,16H,4-7,10H2,1-3H3,(H,19,21)/p+1/t12-,16-/m1/s1. The molecule has 1 aliphatic carbocycles. The van der Waals surface area contributed by atoms with Crippen LogP contribution in [0.5, 0.6) is 11.5 Å². The van der Waals surface area contributed by atoms with Gasteiger partial charge in [-0.05, 0) is 31.9 Å². The van der Waals surface area contributed by atoms with Crippen molar-refractivity contribution in [3.05, 3.63) is 23.8 Å². The van der Waals surface area contributed by atoms with Crippen molar-refractivity contribution in [1.82, 2.24) is 5.32 Å². The average molecular weight is 319 g/mol. The third-order valence-corrected chi connectivity index (χ3v) is 5.10. The maximum Gasteiger partial charge on any atom is 0.278 e. The number of quaternary nitrogens is 1. The van der Waals surface area contributed by atoms with Gasteiger partial charge in [-0.3, -0.25) is 4.79 Å². The normalized spacial score (nSPS) is 25.0. The van der Waals surface area contributed by atoms with Gasteiger partial charge >= 0.3 is 0 Å². The minimum atomic E-state index is -0.0325. The molecular formula is C18H27N2O3+. The van der Waals surface area contributed by atoms with Crippen molar-refractivity contribution in [2.24, 2.45) is 0 Å². The highest BCUT2D eigenvalue weighted by molar-refractivity contribution is 5.80. The molecule has 1 saturated carbocycles. The van der Waals surface area contributed by atoms with Crippen LogP contribution in [-0.4, -0.2) is 38.8 Å². The van der Waals surface area contributed by atoms with Gasteiger partial charge in [-0.2, -0.15) is 0 Å². The van der Waals surface area contributed by atoms with Crippen molar-refractivity contribution in [3.8, 4) is 11.5 Å². The molecule has 3 rings (SSSR count). The second-order valence-corrected chi connectivity index (χ2v) is 6.63. The minimum absolute atomic E-state index is 0.0325. The summed E-state index contributed by atoms with van der Waals surface area (Å²) in [6.45, 7) is 3.07. The number of likely N-dealkylation sites (tertiary alicyclic amines) is 1. The molecule has 1 saturated heterocycles. The first-order valence-electron chi connectivity index (χ1n) is 8.52. The number of hydrogen-bond donors (Lipinski definition) is 2. The summed E-state index contributed by atoms with van der Waals surface area (Å²) in [7, 11) is 3.35. The van der Waals surface area contributed by atoms with Crippen molar-refractivity contribution in [2.75, 3.05) is 20.8 Å². The number of methoxy groups -OCH3 is 2. The van der Waals surface area contributed by atoms with Gasteiger partial charge in [0.2, 0.25) is 0 Å². The molecule has 0 spiro atoms. The Morgan fingerprint density at radius 1 is 1.26 bits per heavy atom. The summed E-state index contributed by atoms with van der Waals surface area (Å²) in [5.74, 6) is 1.83. The first-order chi connectivity index (χ1) is 11.1. The highest BCUT2D eigenvalue weighted by atomic mass is 16.5. The van der Waals surface area contributed by atoms with E-state index in [0.29, 0.717) is 12.1 Å². The van der Waals surface area contributed by atoms with Crippen LogP contribution in [0.15, 0.2) is 18.2 Å². The quantitative estimate of drug-likeness (QED) is 0.825. The van der Waals surface area contributed by atoms with E-state index in [1.807, 2.05) is 19.1 Å². The Morgan fingerprint density at radius 2 is 2.04 bits per heavy atom. The van der Waals surface area contributed by atoms with Gasteiger partial charge in [0.25, 0.3) is 5.91 Å². The van der Waals surface area contributed by atoms with Gasteiger partial charge in [-0.15, -0.1) is 0 Å². The molecule has 1 unspecified atom stereocenters. The van der Waals surface area contributed by atoms with E-state index >= 15 is 0 Å². The van der Waals surface area contributed by atoms with Crippen LogP contribution < -0.4 is 19.7 Å². The number of rotatable bonds is 6. The van der Waals surface area contributed by atoms with Gasteiger partial charge in [-0.1, -0.05) is 0 Å². The largest absolute Gasteiger partial charge is 0.497 e. The Morgan fingerprint density at radius 3 is 2.70 bits per heavy atom. The van der Waals surface area contributed by atoms with E-state index in [9.17, 15) is 4.79 Å². The number of nitrogens with one attached hydrogen (secondary N) is 2. The molecule has 5 nitrogen and oxygen atoms in total. The van der Waals surface area contributed by atoms with E-state index in [4.69, 9.17) is 9.47 Å². The first kappa shape index (κ1) is 16.1. The monoisotopic (exact) mass is 319 g/mol. The second-order valence-electron chi connectivity index (χ2n) is 6.63. The van der Waals surface area contributed by atoms with Crippen LogP contribution in [0.3, 0.4) is 0 Å². The highest BCUT2D eigenvalue weighted by Crippen LogP contribution is 2.32. The number of carbonyl (C=O) groups is 1. The summed E-state index contributed by atoms with van der Waals surface area (Å²) in [6.07, 6.45) is 4.47. The summed E-state index contributed by atoms with van der Waals surface area (Å²) in [6, 6.07) is 6.67. The molecule has 1 aliphatic heterocycles. The Labute approximate surface area is 137 Å². The molecule has 0 aromatic heterocycles. The van der Waals surface area contributed by atoms with Crippen molar-refractivity contribution >= 4 is 5.91 Å². The molecule has 1 aromatic carbocycles. The fourth-order valence-corrected chi connectivity index (χ4v) is 3.57. The molecule has 23 heavy (non-hydrogen) atoms. The number of carbonyl (C=O) groups excluding carboxylic acids is 1. The lowest BCUT2D eigenvalue weighted by Gasteiger charge is -2.28. The zero-order valence-electron chi connectivity index (χ0n) is 14.2. The van der Waals surface area contributed by atoms with Crippen LogP contribution in [0.2, 0.25) is 0 Å². The maximum atomic E-state index is 12.4. The summed E-state index contributed by atoms with van der Waals surface area (Å²) < 4.78 is 10.9. The van der Waals surface area contributed by atoms with E-state index in [-0.39, 0.29) is 11.9 Å². The molecule has 3 atom stereocenters. The van der Waals surface area contributed by atoms with Crippen LogP contribution in [0.25, 0.3) is 0 Å². The van der Waals surface area contributed by atoms with E-state index in [1.165, 1.54) is 10.5 Å². The smallest absolute Gasteiger partial charge is 0.278 e. The fourth-order valence-electron chi connectivity index (χ4n) is 3.57. The third kappa shape index (κ3) is 3.44. The fraction of sp³-hybridized carbons (Fsp3) is 0.611. The molecule has 5 heteroatoms. The second kappa shape index (κ2) is 6.79. The van der Waals surface area contributed by atoms with Gasteiger partial charge < -0.3 is 19.7 Å². The summed E-state index contributed by atoms with van der Waals surface area (Å²) in [5.41, 5.74) is 1.17. The van der Waals surface area contributed by atoms with Crippen molar-refractivity contribution < 1.29 is 19.2 Å². The van der Waals surface area contributed by atoms with E-state index in [1.54, 1.807) is 14.2 Å². The zero-order chi connectivity index (χ0) is 16.4. The molecule has 1 heterocycles. The highest BCUT2D eigenvalue weighted by Gasteiger charge is 2.39. The zero-order valence-corrected chi connectivity index (χ0v) is 14.2. The van der Waals surface area contributed by atoms with Crippen molar-refractivity contribution in [2.45, 2.75) is 50.7 Å². The predicted octanol–water partition coefficient (Wildman–Crippen LogP) is 1.09. The third-order valence-electron chi connectivity index (χ3n) is 5.10. The number of ether oxygens (including phenoxy) is 2. The van der Waals surface area contributed by atoms with Crippen LogP contribution in [0, 0.1) is 0 Å². The van der Waals surface area contributed by atoms with Crippen LogP contribution in [0.1, 0.15) is 44.2 Å². The van der Waals surface area contributed by atoms with E-state index < -0.39 is 0 Å². The summed E-state index contributed by atoms with van der Waals surface area (Å²) >= 11 is 0. The van der Waals surface area contributed by atoms with Gasteiger partial charge in [-0.25, -0.2) is 0 Å². The number of benzene rings is 1. The van der Waals surface area contributed by atoms with Crippen molar-refractivity contribution in [3.63, 3.8) is 0 Å². The molecule has 1 amide bonds. The molecule has 126 valence electrons. The lowest BCUT2D eigenvalue weighted by molar-refractivity contribution is -0.932. The lowest BCUT2D eigenvalue weighted by atomic mass is 10.0. The van der Waals surface area contributed by atoms with Crippen LogP contribution in [0.4, 0.5) is 0 Å². The maximum absolute atomic E-state index is 12.4. The molecule has 1 aromatic rings. The van der Waals surface area contributed by atoms with Gasteiger partial charge in [0, 0.05) is 24.9 Å². The minimum Gasteiger partial charge on any atom is -0.497 e. The topological polar surface area (TPSA) is 52.0 Å². The summed E-state index contributed by atoms with van der Waals surface area (Å²) in [4.78, 5) is 13.8. The number of amides is 1. The van der Waals surface area contributed by atoms with Crippen molar-refractivity contribution in [1.29, 1.82) is 0 Å². The molecule has 0 radical (unpaired) electrons. The van der Waals surface area contributed by atoms with E-state index in [2.05, 4.69) is 11.4 Å². The number of hydrogen-bond acceptors (Lipinski definition) is 3. The lowest BCUT2D eigenvalue weighted by Crippen LogP contribution is -3.15. The molecule has 2 aliphatic rings.